The minimum absolute atomic E-state index is 0.0491. The van der Waals surface area contributed by atoms with E-state index in [1.54, 1.807) is 36.4 Å². The van der Waals surface area contributed by atoms with Gasteiger partial charge in [-0.1, -0.05) is 13.8 Å². The van der Waals surface area contributed by atoms with E-state index in [-0.39, 0.29) is 101 Å². The van der Waals surface area contributed by atoms with E-state index in [1.165, 1.54) is 0 Å². The van der Waals surface area contributed by atoms with Gasteiger partial charge in [0, 0.05) is 42.8 Å². The van der Waals surface area contributed by atoms with Gasteiger partial charge in [0.1, 0.15) is 72.2 Å². The number of carbonyl (C=O) groups is 1. The van der Waals surface area contributed by atoms with Gasteiger partial charge in [0.05, 0.1) is 70.6 Å². The van der Waals surface area contributed by atoms with Crippen molar-refractivity contribution in [1.82, 2.24) is 0 Å². The van der Waals surface area contributed by atoms with Gasteiger partial charge in [-0.2, -0.15) is 8.42 Å². The molecule has 2 atom stereocenters. The number of benzene rings is 3. The minimum atomic E-state index is -4.78. The Balaban J connectivity index is 2.14. The number of ether oxygens (including phenoxy) is 9. The highest BCUT2D eigenvalue weighted by Gasteiger charge is 2.66. The molecule has 0 heterocycles. The first-order chi connectivity index (χ1) is 29.2. The highest BCUT2D eigenvalue weighted by molar-refractivity contribution is 8.33. The largest absolute Gasteiger partial charge is 0.494 e. The molecule has 2 saturated carbocycles. The lowest BCUT2D eigenvalue weighted by Crippen LogP contribution is -2.42. The summed E-state index contributed by atoms with van der Waals surface area (Å²) in [5.74, 6) is 1.98. The summed E-state index contributed by atoms with van der Waals surface area (Å²) in [6, 6.07) is 10.2. The zero-order chi connectivity index (χ0) is 44.6. The van der Waals surface area contributed by atoms with Gasteiger partial charge in [0.2, 0.25) is 0 Å². The summed E-state index contributed by atoms with van der Waals surface area (Å²) >= 11 is 0. The minimum Gasteiger partial charge on any atom is -0.494 e. The van der Waals surface area contributed by atoms with Crippen LogP contribution in [0.15, 0.2) is 51.1 Å². The molecule has 2 unspecified atom stereocenters. The molecular formula is C46H66O13S2. The molecule has 0 radical (unpaired) electrons. The third kappa shape index (κ3) is 9.29. The van der Waals surface area contributed by atoms with Crippen LogP contribution in [0.2, 0.25) is 0 Å². The van der Waals surface area contributed by atoms with E-state index >= 15 is 8.42 Å². The van der Waals surface area contributed by atoms with Crippen LogP contribution < -0.4 is 42.6 Å². The summed E-state index contributed by atoms with van der Waals surface area (Å²) in [4.78, 5) is 14.7. The Hall–Kier alpha value is -4.21. The lowest BCUT2D eigenvalue weighted by molar-refractivity contribution is -0.128. The molecule has 0 saturated heterocycles. The molecule has 3 aromatic carbocycles. The van der Waals surface area contributed by atoms with Gasteiger partial charge in [-0.3, -0.25) is 4.79 Å². The Kier molecular flexibility index (Phi) is 15.9. The number of fused-ring (bicyclic) bond motifs is 2. The fourth-order valence-electron chi connectivity index (χ4n) is 8.83. The molecule has 340 valence electrons. The van der Waals surface area contributed by atoms with Gasteiger partial charge in [-0.25, -0.2) is 3.63 Å². The molecule has 5 rings (SSSR count). The maximum atomic E-state index is 15.8. The smallest absolute Gasteiger partial charge is 0.278 e. The molecule has 13 nitrogen and oxygen atoms in total. The van der Waals surface area contributed by atoms with Crippen LogP contribution in [0.1, 0.15) is 95.4 Å². The van der Waals surface area contributed by atoms with Crippen molar-refractivity contribution in [1.29, 1.82) is 0 Å². The van der Waals surface area contributed by atoms with E-state index in [0.717, 1.165) is 6.42 Å². The number of rotatable bonds is 25. The van der Waals surface area contributed by atoms with Crippen LogP contribution in [-0.4, -0.2) is 79.4 Å². The lowest BCUT2D eigenvalue weighted by atomic mass is 9.70. The fourth-order valence-corrected chi connectivity index (χ4v) is 15.4. The Bertz CT molecular complexity index is 1850. The zero-order valence-electron chi connectivity index (χ0n) is 37.9. The molecule has 2 aliphatic rings. The van der Waals surface area contributed by atoms with Crippen molar-refractivity contribution < 1.29 is 59.5 Å². The van der Waals surface area contributed by atoms with Crippen molar-refractivity contribution in [3.8, 4) is 51.7 Å². The summed E-state index contributed by atoms with van der Waals surface area (Å²) in [6.07, 6.45) is 1.46. The summed E-state index contributed by atoms with van der Waals surface area (Å²) in [6.45, 7) is 22.6. The lowest BCUT2D eigenvalue weighted by Gasteiger charge is -2.44. The molecule has 61 heavy (non-hydrogen) atoms. The predicted molar refractivity (Wildman–Crippen MR) is 236 cm³/mol. The average Bonchev–Trinajstić information content (AvgIpc) is 3.53. The van der Waals surface area contributed by atoms with E-state index in [4.69, 9.17) is 46.3 Å². The first kappa shape index (κ1) is 47.8. The van der Waals surface area contributed by atoms with Crippen LogP contribution in [0.25, 0.3) is 0 Å². The highest BCUT2D eigenvalue weighted by Crippen LogP contribution is 2.81. The van der Waals surface area contributed by atoms with Crippen LogP contribution in [-0.2, 0) is 18.5 Å². The van der Waals surface area contributed by atoms with Crippen LogP contribution in [0, 0.1) is 16.7 Å². The number of hydrogen-bond donors (Lipinski definition) is 0. The van der Waals surface area contributed by atoms with Crippen molar-refractivity contribution in [2.75, 3.05) is 65.2 Å². The molecule has 0 spiro atoms. The van der Waals surface area contributed by atoms with Crippen molar-refractivity contribution in [3.05, 3.63) is 36.4 Å². The molecule has 0 N–H and O–H groups in total. The number of carbonyl (C=O) groups excluding carboxylic acids is 1. The van der Waals surface area contributed by atoms with Gasteiger partial charge < -0.3 is 42.6 Å². The monoisotopic (exact) mass is 890 g/mol. The molecule has 2 aliphatic carbocycles. The van der Waals surface area contributed by atoms with Gasteiger partial charge >= 0.3 is 0 Å². The SMILES string of the molecule is CCOc1cc(OCC)c(S(OS(=O)(=O)CC23CCC(CC2=O)C3(C)C)(c2c(OCC)cc(OCC)cc2OCC)c2c(OCC)cc(OCC)cc2OCC)c(OCC)c1. The molecule has 2 fully saturated rings. The summed E-state index contributed by atoms with van der Waals surface area (Å²) in [5.41, 5.74) is -1.80. The van der Waals surface area contributed by atoms with Crippen LogP contribution in [0.3, 0.4) is 0 Å². The van der Waals surface area contributed by atoms with Crippen molar-refractivity contribution in [2.45, 2.75) is 110 Å². The quantitative estimate of drug-likeness (QED) is 0.0797. The van der Waals surface area contributed by atoms with Gasteiger partial charge in [0.15, 0.2) is 0 Å². The molecule has 3 aromatic rings. The molecule has 0 aliphatic heterocycles. The van der Waals surface area contributed by atoms with E-state index < -0.39 is 37.0 Å². The molecule has 0 aromatic heterocycles. The second kappa shape index (κ2) is 20.3. The van der Waals surface area contributed by atoms with Crippen molar-refractivity contribution >= 4 is 26.2 Å². The zero-order valence-corrected chi connectivity index (χ0v) is 39.5. The first-order valence-corrected chi connectivity index (χ1v) is 24.8. The summed E-state index contributed by atoms with van der Waals surface area (Å²) < 4.78 is 96.3. The van der Waals surface area contributed by atoms with Gasteiger partial charge in [-0.05, 0) is 96.8 Å². The first-order valence-electron chi connectivity index (χ1n) is 21.7. The Morgan fingerprint density at radius 2 is 0.803 bits per heavy atom. The highest BCUT2D eigenvalue weighted by atomic mass is 32.3. The van der Waals surface area contributed by atoms with Gasteiger partial charge in [-0.15, -0.1) is 0 Å². The number of ketones is 1. The fraction of sp³-hybridized carbons (Fsp3) is 0.587. The van der Waals surface area contributed by atoms with Crippen LogP contribution >= 0.6 is 10.3 Å². The maximum Gasteiger partial charge on any atom is 0.278 e. The standard InChI is InChI=1S/C46H66O13S2/c1-12-50-32-24-35(53-15-4)42(36(25-32)54-16-5)61(43-37(55-17-6)26-33(51-13-2)27-38(43)56-18-7,44-39(57-19-8)28-34(52-14-3)29-40(44)58-20-9)59-60(48,49)30-46-22-21-31(23-41(46)47)45(46,10)11/h24-29,31H,12-23,30H2,1-11H3. The van der Waals surface area contributed by atoms with Crippen molar-refractivity contribution in [3.63, 3.8) is 0 Å². The third-order valence-corrected chi connectivity index (χ3v) is 16.8. The number of hydrogen-bond acceptors (Lipinski definition) is 13. The Morgan fingerprint density at radius 1 is 0.508 bits per heavy atom. The summed E-state index contributed by atoms with van der Waals surface area (Å²) in [5, 5.41) is 0. The normalized spacial score (nSPS) is 18.4. The maximum absolute atomic E-state index is 15.8. The second-order valence-electron chi connectivity index (χ2n) is 15.1. The van der Waals surface area contributed by atoms with E-state index in [1.807, 2.05) is 76.2 Å². The third-order valence-electron chi connectivity index (χ3n) is 11.3. The van der Waals surface area contributed by atoms with Crippen molar-refractivity contribution in [2.24, 2.45) is 16.7 Å². The second-order valence-corrected chi connectivity index (χ2v) is 19.4. The van der Waals surface area contributed by atoms with E-state index in [9.17, 15) is 4.79 Å². The molecule has 0 amide bonds. The Labute approximate surface area is 364 Å². The molecule has 2 bridgehead atoms. The predicted octanol–water partition coefficient (Wildman–Crippen LogP) is 10.2. The van der Waals surface area contributed by atoms with E-state index in [2.05, 4.69) is 0 Å². The van der Waals surface area contributed by atoms with Crippen LogP contribution in [0.5, 0.6) is 51.7 Å². The van der Waals surface area contributed by atoms with Gasteiger partial charge in [0.25, 0.3) is 10.1 Å². The molecule has 15 heteroatoms. The Morgan fingerprint density at radius 3 is 1.03 bits per heavy atom. The average molecular weight is 891 g/mol. The molecular weight excluding hydrogens is 825 g/mol. The number of Topliss-reactive ketones (excluding diaryl/α,β-unsaturated/α-hetero) is 1. The van der Waals surface area contributed by atoms with Crippen LogP contribution in [0.4, 0.5) is 0 Å². The van der Waals surface area contributed by atoms with E-state index in [0.29, 0.717) is 49.9 Å². The summed E-state index contributed by atoms with van der Waals surface area (Å²) in [7, 11) is -8.71. The topological polar surface area (TPSA) is 144 Å².